The van der Waals surface area contributed by atoms with E-state index in [0.29, 0.717) is 5.39 Å². The van der Waals surface area contributed by atoms with Crippen LogP contribution in [0.3, 0.4) is 0 Å². The van der Waals surface area contributed by atoms with Crippen molar-refractivity contribution in [3.63, 3.8) is 0 Å². The Kier molecular flexibility index (Phi) is 5.31. The quantitative estimate of drug-likeness (QED) is 0.260. The van der Waals surface area contributed by atoms with Gasteiger partial charge in [0.2, 0.25) is 0 Å². The Hall–Kier alpha value is -4.14. The zero-order chi connectivity index (χ0) is 21.1. The minimum atomic E-state index is -1.32. The molecule has 0 unspecified atom stereocenters. The topological polar surface area (TPSA) is 139 Å². The Morgan fingerprint density at radius 1 is 1.07 bits per heavy atom. The molecule has 9 nitrogen and oxygen atoms in total. The van der Waals surface area contributed by atoms with Gasteiger partial charge in [-0.05, 0) is 19.1 Å². The summed E-state index contributed by atoms with van der Waals surface area (Å²) in [5, 5.41) is 34.4. The summed E-state index contributed by atoms with van der Waals surface area (Å²) in [5.41, 5.74) is -0.667. The highest BCUT2D eigenvalue weighted by molar-refractivity contribution is 6.05. The molecular formula is C20H16N2O7. The van der Waals surface area contributed by atoms with Gasteiger partial charge in [0.05, 0.1) is 4.92 Å². The second-order valence-corrected chi connectivity index (χ2v) is 6.15. The number of phenols is 2. The standard InChI is InChI=1S/C20H16N2O7/c1-11(19(25)21-15-8-4-5-9-16(15)22(27)28)29-20(26)14-10-17(23)12-6-2-3-7-13(12)18(14)24/h2-11,23-24H,1H3,(H,21,25)/t11-/m0/s1. The summed E-state index contributed by atoms with van der Waals surface area (Å²) in [6.45, 7) is 1.28. The molecule has 0 aromatic heterocycles. The molecule has 0 heterocycles. The third kappa shape index (κ3) is 3.93. The van der Waals surface area contributed by atoms with E-state index in [1.807, 2.05) is 0 Å². The number of aromatic hydroxyl groups is 2. The molecule has 0 aliphatic heterocycles. The normalized spacial score (nSPS) is 11.6. The van der Waals surface area contributed by atoms with Crippen LogP contribution < -0.4 is 5.32 Å². The molecule has 3 N–H and O–H groups in total. The van der Waals surface area contributed by atoms with Crippen LogP contribution in [0.1, 0.15) is 17.3 Å². The van der Waals surface area contributed by atoms with Gasteiger partial charge < -0.3 is 20.3 Å². The molecule has 0 aliphatic rings. The summed E-state index contributed by atoms with van der Waals surface area (Å²) in [5.74, 6) is -2.46. The number of carbonyl (C=O) groups is 2. The summed E-state index contributed by atoms with van der Waals surface area (Å²) in [6.07, 6.45) is -1.32. The number of ether oxygens (including phenoxy) is 1. The van der Waals surface area contributed by atoms with Gasteiger partial charge in [0.25, 0.3) is 11.6 Å². The van der Waals surface area contributed by atoms with Crippen LogP contribution in [0.2, 0.25) is 0 Å². The lowest BCUT2D eigenvalue weighted by atomic mass is 10.0. The van der Waals surface area contributed by atoms with Crippen molar-refractivity contribution in [1.29, 1.82) is 0 Å². The van der Waals surface area contributed by atoms with E-state index in [-0.39, 0.29) is 28.1 Å². The van der Waals surface area contributed by atoms with Crippen LogP contribution in [-0.2, 0) is 9.53 Å². The van der Waals surface area contributed by atoms with Gasteiger partial charge in [-0.15, -0.1) is 0 Å². The largest absolute Gasteiger partial charge is 0.507 e. The zero-order valence-corrected chi connectivity index (χ0v) is 15.2. The van der Waals surface area contributed by atoms with E-state index < -0.39 is 28.7 Å². The summed E-state index contributed by atoms with van der Waals surface area (Å²) in [7, 11) is 0. The predicted molar refractivity (Wildman–Crippen MR) is 104 cm³/mol. The second kappa shape index (κ2) is 7.85. The highest BCUT2D eigenvalue weighted by Gasteiger charge is 2.25. The fourth-order valence-corrected chi connectivity index (χ4v) is 2.75. The molecule has 148 valence electrons. The van der Waals surface area contributed by atoms with Crippen LogP contribution in [0.25, 0.3) is 10.8 Å². The number of benzene rings is 3. The number of hydrogen-bond acceptors (Lipinski definition) is 7. The summed E-state index contributed by atoms with van der Waals surface area (Å²) in [4.78, 5) is 35.1. The van der Waals surface area contributed by atoms with E-state index in [9.17, 15) is 29.9 Å². The molecule has 0 aliphatic carbocycles. The monoisotopic (exact) mass is 396 g/mol. The van der Waals surface area contributed by atoms with Crippen LogP contribution in [0.4, 0.5) is 11.4 Å². The van der Waals surface area contributed by atoms with Gasteiger partial charge in [-0.2, -0.15) is 0 Å². The number of para-hydroxylation sites is 2. The van der Waals surface area contributed by atoms with E-state index in [0.717, 1.165) is 6.07 Å². The van der Waals surface area contributed by atoms with Gasteiger partial charge >= 0.3 is 5.97 Å². The number of carbonyl (C=O) groups excluding carboxylic acids is 2. The number of nitro groups is 1. The molecule has 3 rings (SSSR count). The van der Waals surface area contributed by atoms with Crippen molar-refractivity contribution in [1.82, 2.24) is 0 Å². The number of phenolic OH excluding ortho intramolecular Hbond substituents is 2. The van der Waals surface area contributed by atoms with E-state index in [2.05, 4.69) is 5.32 Å². The smallest absolute Gasteiger partial charge is 0.342 e. The van der Waals surface area contributed by atoms with Crippen molar-refractivity contribution >= 4 is 34.0 Å². The number of rotatable bonds is 5. The molecule has 1 atom stereocenters. The Balaban J connectivity index is 1.79. The van der Waals surface area contributed by atoms with Gasteiger partial charge in [-0.25, -0.2) is 4.79 Å². The van der Waals surface area contributed by atoms with Crippen LogP contribution in [-0.4, -0.2) is 33.1 Å². The number of anilines is 1. The van der Waals surface area contributed by atoms with Crippen molar-refractivity contribution < 1.29 is 29.5 Å². The number of nitrogens with zero attached hydrogens (tertiary/aromatic N) is 1. The summed E-state index contributed by atoms with van der Waals surface area (Å²) in [6, 6.07) is 13.0. The number of fused-ring (bicyclic) bond motifs is 1. The van der Waals surface area contributed by atoms with E-state index in [4.69, 9.17) is 4.74 Å². The highest BCUT2D eigenvalue weighted by atomic mass is 16.6. The molecule has 0 bridgehead atoms. The third-order valence-electron chi connectivity index (χ3n) is 4.23. The fraction of sp³-hybridized carbons (Fsp3) is 0.100. The van der Waals surface area contributed by atoms with Crippen molar-refractivity contribution in [2.24, 2.45) is 0 Å². The first-order chi connectivity index (χ1) is 13.8. The van der Waals surface area contributed by atoms with Crippen molar-refractivity contribution in [2.75, 3.05) is 5.32 Å². The maximum absolute atomic E-state index is 12.4. The lowest BCUT2D eigenvalue weighted by molar-refractivity contribution is -0.383. The number of hydrogen-bond donors (Lipinski definition) is 3. The maximum Gasteiger partial charge on any atom is 0.342 e. The number of nitrogens with one attached hydrogen (secondary N) is 1. The van der Waals surface area contributed by atoms with Crippen LogP contribution in [0.15, 0.2) is 54.6 Å². The van der Waals surface area contributed by atoms with Gasteiger partial charge in [-0.1, -0.05) is 36.4 Å². The van der Waals surface area contributed by atoms with Crippen LogP contribution in [0.5, 0.6) is 11.5 Å². The average molecular weight is 396 g/mol. The first-order valence-corrected chi connectivity index (χ1v) is 8.48. The van der Waals surface area contributed by atoms with Gasteiger partial charge in [-0.3, -0.25) is 14.9 Å². The average Bonchev–Trinajstić information content (AvgIpc) is 2.70. The number of nitro benzene ring substituents is 1. The Labute approximate surface area is 164 Å². The molecule has 0 saturated carbocycles. The lowest BCUT2D eigenvalue weighted by Crippen LogP contribution is -2.30. The van der Waals surface area contributed by atoms with Gasteiger partial charge in [0.1, 0.15) is 22.7 Å². The molecule has 1 amide bonds. The van der Waals surface area contributed by atoms with E-state index in [1.54, 1.807) is 18.2 Å². The molecule has 3 aromatic carbocycles. The molecule has 0 saturated heterocycles. The van der Waals surface area contributed by atoms with E-state index >= 15 is 0 Å². The first-order valence-electron chi connectivity index (χ1n) is 8.48. The lowest BCUT2D eigenvalue weighted by Gasteiger charge is -2.15. The third-order valence-corrected chi connectivity index (χ3v) is 4.23. The minimum absolute atomic E-state index is 0.0448. The van der Waals surface area contributed by atoms with Crippen molar-refractivity contribution in [2.45, 2.75) is 13.0 Å². The fourth-order valence-electron chi connectivity index (χ4n) is 2.75. The zero-order valence-electron chi connectivity index (χ0n) is 15.2. The molecule has 0 spiro atoms. The molecule has 3 aromatic rings. The Bertz CT molecular complexity index is 1130. The molecule has 29 heavy (non-hydrogen) atoms. The molecular weight excluding hydrogens is 380 g/mol. The minimum Gasteiger partial charge on any atom is -0.507 e. The Morgan fingerprint density at radius 3 is 2.38 bits per heavy atom. The maximum atomic E-state index is 12.4. The van der Waals surface area contributed by atoms with Crippen LogP contribution >= 0.6 is 0 Å². The highest BCUT2D eigenvalue weighted by Crippen LogP contribution is 2.35. The van der Waals surface area contributed by atoms with Crippen molar-refractivity contribution in [3.05, 3.63) is 70.3 Å². The summed E-state index contributed by atoms with van der Waals surface area (Å²) < 4.78 is 5.06. The SMILES string of the molecule is C[C@H](OC(=O)c1cc(O)c2ccccc2c1O)C(=O)Nc1ccccc1[N+](=O)[O-]. The molecule has 0 radical (unpaired) electrons. The molecule has 9 heteroatoms. The summed E-state index contributed by atoms with van der Waals surface area (Å²) >= 11 is 0. The van der Waals surface area contributed by atoms with Crippen LogP contribution in [0, 0.1) is 10.1 Å². The van der Waals surface area contributed by atoms with Crippen molar-refractivity contribution in [3.8, 4) is 11.5 Å². The number of esters is 1. The van der Waals surface area contributed by atoms with Gasteiger partial charge in [0.15, 0.2) is 6.10 Å². The first kappa shape index (κ1) is 19.6. The number of amides is 1. The Morgan fingerprint density at radius 2 is 1.69 bits per heavy atom. The molecule has 0 fully saturated rings. The van der Waals surface area contributed by atoms with E-state index in [1.165, 1.54) is 37.3 Å². The second-order valence-electron chi connectivity index (χ2n) is 6.15. The van der Waals surface area contributed by atoms with Gasteiger partial charge in [0, 0.05) is 16.8 Å². The predicted octanol–water partition coefficient (Wildman–Crippen LogP) is 3.34.